The summed E-state index contributed by atoms with van der Waals surface area (Å²) in [6.45, 7) is 1.38. The normalized spacial score (nSPS) is 12.9. The van der Waals surface area contributed by atoms with Crippen LogP contribution in [0, 0.1) is 0 Å². The molecule has 0 radical (unpaired) electrons. The zero-order chi connectivity index (χ0) is 21.6. The van der Waals surface area contributed by atoms with Gasteiger partial charge in [0.15, 0.2) is 5.13 Å². The quantitative estimate of drug-likeness (QED) is 0.584. The number of anilines is 1. The van der Waals surface area contributed by atoms with Crippen LogP contribution in [0.2, 0.25) is 0 Å². The van der Waals surface area contributed by atoms with Crippen molar-refractivity contribution in [3.63, 3.8) is 0 Å². The molecule has 1 N–H and O–H groups in total. The Labute approximate surface area is 189 Å². The molecule has 0 saturated heterocycles. The smallest absolute Gasteiger partial charge is 0.236 e. The zero-order valence-corrected chi connectivity index (χ0v) is 18.8. The van der Waals surface area contributed by atoms with Gasteiger partial charge in [-0.05, 0) is 41.8 Å². The Hall–Kier alpha value is -2.84. The van der Waals surface area contributed by atoms with Crippen LogP contribution in [-0.2, 0) is 22.6 Å². The van der Waals surface area contributed by atoms with Crippen LogP contribution in [0.15, 0.2) is 53.9 Å². The fraction of sp³-hybridized carbons (Fsp3) is 0.261. The third-order valence-electron chi connectivity index (χ3n) is 5.08. The van der Waals surface area contributed by atoms with E-state index in [2.05, 4.69) is 22.4 Å². The van der Waals surface area contributed by atoms with Crippen molar-refractivity contribution < 1.29 is 14.3 Å². The summed E-state index contributed by atoms with van der Waals surface area (Å²) in [5, 5.41) is 5.28. The average Bonchev–Trinajstić information content (AvgIpc) is 3.27. The minimum Gasteiger partial charge on any atom is -0.497 e. The molecule has 2 heterocycles. The van der Waals surface area contributed by atoms with Gasteiger partial charge in [0.25, 0.3) is 0 Å². The Morgan fingerprint density at radius 1 is 1.13 bits per heavy atom. The second-order valence-electron chi connectivity index (χ2n) is 7.14. The number of hydrogen-bond donors (Lipinski definition) is 1. The predicted molar refractivity (Wildman–Crippen MR) is 126 cm³/mol. The first-order valence-electron chi connectivity index (χ1n) is 9.94. The lowest BCUT2D eigenvalue weighted by molar-refractivity contribution is -0.129. The number of nitrogens with zero attached hydrogens (tertiary/aromatic N) is 2. The van der Waals surface area contributed by atoms with Gasteiger partial charge < -0.3 is 15.0 Å². The van der Waals surface area contributed by atoms with E-state index in [0.717, 1.165) is 30.0 Å². The van der Waals surface area contributed by atoms with Crippen molar-refractivity contribution in [2.75, 3.05) is 30.5 Å². The maximum Gasteiger partial charge on any atom is 0.236 e. The summed E-state index contributed by atoms with van der Waals surface area (Å²) < 4.78 is 5.17. The first kappa shape index (κ1) is 21.4. The topological polar surface area (TPSA) is 71.5 Å². The van der Waals surface area contributed by atoms with Crippen LogP contribution < -0.4 is 10.1 Å². The van der Waals surface area contributed by atoms with Crippen LogP contribution in [0.1, 0.15) is 11.1 Å². The average molecular weight is 454 g/mol. The highest BCUT2D eigenvalue weighted by Crippen LogP contribution is 2.26. The third-order valence-corrected chi connectivity index (χ3v) is 6.75. The number of ether oxygens (including phenoxy) is 1. The molecule has 2 amide bonds. The molecular formula is C23H23N3O3S2. The first-order valence-corrected chi connectivity index (χ1v) is 12.0. The lowest BCUT2D eigenvalue weighted by Crippen LogP contribution is -2.37. The number of amides is 2. The van der Waals surface area contributed by atoms with Crippen LogP contribution in [0.25, 0.3) is 11.3 Å². The molecule has 0 spiro atoms. The van der Waals surface area contributed by atoms with Gasteiger partial charge in [-0.1, -0.05) is 24.3 Å². The molecule has 1 aliphatic heterocycles. The summed E-state index contributed by atoms with van der Waals surface area (Å²) in [7, 11) is 1.63. The molecule has 0 bridgehead atoms. The van der Waals surface area contributed by atoms with Crippen molar-refractivity contribution >= 4 is 40.0 Å². The molecular weight excluding hydrogens is 430 g/mol. The molecule has 8 heteroatoms. The Bertz CT molecular complexity index is 1070. The molecule has 1 aliphatic rings. The first-order chi connectivity index (χ1) is 15.1. The highest BCUT2D eigenvalue weighted by molar-refractivity contribution is 8.00. The Kier molecular flexibility index (Phi) is 6.89. The SMILES string of the molecule is COc1ccc(-c2csc(NC(=O)CSCC(=O)N3CCc4ccccc4C3)n2)cc1. The van der Waals surface area contributed by atoms with Gasteiger partial charge in [-0.3, -0.25) is 9.59 Å². The molecule has 0 fully saturated rings. The summed E-state index contributed by atoms with van der Waals surface area (Å²) in [4.78, 5) is 31.1. The van der Waals surface area contributed by atoms with Gasteiger partial charge in [-0.25, -0.2) is 4.98 Å². The van der Waals surface area contributed by atoms with E-state index < -0.39 is 0 Å². The van der Waals surface area contributed by atoms with Crippen LogP contribution in [-0.4, -0.2) is 46.9 Å². The summed E-state index contributed by atoms with van der Waals surface area (Å²) in [5.74, 6) is 1.21. The standard InChI is InChI=1S/C23H23N3O3S2/c1-29-19-8-6-17(7-9-19)20-13-31-23(24-20)25-21(27)14-30-15-22(28)26-11-10-16-4-2-3-5-18(16)12-26/h2-9,13H,10-12,14-15H2,1H3,(H,24,25,27). The number of carbonyl (C=O) groups is 2. The van der Waals surface area contributed by atoms with Crippen molar-refractivity contribution in [2.24, 2.45) is 0 Å². The van der Waals surface area contributed by atoms with Crippen molar-refractivity contribution in [1.82, 2.24) is 9.88 Å². The second-order valence-corrected chi connectivity index (χ2v) is 8.99. The number of methoxy groups -OCH3 is 1. The fourth-order valence-electron chi connectivity index (χ4n) is 3.41. The highest BCUT2D eigenvalue weighted by Gasteiger charge is 2.20. The Balaban J connectivity index is 1.23. The number of nitrogens with one attached hydrogen (secondary N) is 1. The number of thioether (sulfide) groups is 1. The maximum atomic E-state index is 12.5. The molecule has 3 aromatic rings. The minimum atomic E-state index is -0.155. The Morgan fingerprint density at radius 3 is 2.68 bits per heavy atom. The highest BCUT2D eigenvalue weighted by atomic mass is 32.2. The molecule has 1 aromatic heterocycles. The van der Waals surface area contributed by atoms with E-state index in [0.29, 0.717) is 17.4 Å². The summed E-state index contributed by atoms with van der Waals surface area (Å²) in [6, 6.07) is 15.8. The zero-order valence-electron chi connectivity index (χ0n) is 17.2. The van der Waals surface area contributed by atoms with Gasteiger partial charge in [-0.15, -0.1) is 23.1 Å². The van der Waals surface area contributed by atoms with Crippen LogP contribution in [0.5, 0.6) is 5.75 Å². The monoisotopic (exact) mass is 453 g/mol. The summed E-state index contributed by atoms with van der Waals surface area (Å²) >= 11 is 2.71. The van der Waals surface area contributed by atoms with Crippen LogP contribution in [0.4, 0.5) is 5.13 Å². The number of benzene rings is 2. The van der Waals surface area contributed by atoms with Crippen LogP contribution >= 0.6 is 23.1 Å². The molecule has 0 aliphatic carbocycles. The van der Waals surface area contributed by atoms with Crippen LogP contribution in [0.3, 0.4) is 0 Å². The number of fused-ring (bicyclic) bond motifs is 1. The van der Waals surface area contributed by atoms with E-state index in [4.69, 9.17) is 4.74 Å². The van der Waals surface area contributed by atoms with Gasteiger partial charge in [0.2, 0.25) is 11.8 Å². The van der Waals surface area contributed by atoms with Gasteiger partial charge in [0.1, 0.15) is 5.75 Å². The van der Waals surface area contributed by atoms with Crippen molar-refractivity contribution in [2.45, 2.75) is 13.0 Å². The Morgan fingerprint density at radius 2 is 1.90 bits per heavy atom. The molecule has 31 heavy (non-hydrogen) atoms. The van der Waals surface area contributed by atoms with E-state index in [1.807, 2.05) is 46.7 Å². The molecule has 6 nitrogen and oxygen atoms in total. The molecule has 0 atom stereocenters. The van der Waals surface area contributed by atoms with E-state index >= 15 is 0 Å². The second kappa shape index (κ2) is 9.98. The van der Waals surface area contributed by atoms with E-state index in [9.17, 15) is 9.59 Å². The third kappa shape index (κ3) is 5.45. The van der Waals surface area contributed by atoms with Gasteiger partial charge in [0.05, 0.1) is 24.3 Å². The molecule has 0 saturated carbocycles. The molecule has 2 aromatic carbocycles. The number of thiazole rings is 1. The molecule has 4 rings (SSSR count). The largest absolute Gasteiger partial charge is 0.497 e. The van der Waals surface area contributed by atoms with Crippen molar-refractivity contribution in [1.29, 1.82) is 0 Å². The number of hydrogen-bond acceptors (Lipinski definition) is 6. The van der Waals surface area contributed by atoms with Gasteiger partial charge in [-0.2, -0.15) is 0 Å². The maximum absolute atomic E-state index is 12.5. The predicted octanol–water partition coefficient (Wildman–Crippen LogP) is 4.08. The molecule has 0 unspecified atom stereocenters. The van der Waals surface area contributed by atoms with Gasteiger partial charge >= 0.3 is 0 Å². The number of carbonyl (C=O) groups excluding carboxylic acids is 2. The van der Waals surface area contributed by atoms with E-state index in [1.165, 1.54) is 34.2 Å². The fourth-order valence-corrected chi connectivity index (χ4v) is 4.86. The van der Waals surface area contributed by atoms with E-state index in [-0.39, 0.29) is 17.6 Å². The summed E-state index contributed by atoms with van der Waals surface area (Å²) in [6.07, 6.45) is 0.883. The lowest BCUT2D eigenvalue weighted by Gasteiger charge is -2.28. The minimum absolute atomic E-state index is 0.0725. The number of aromatic nitrogens is 1. The van der Waals surface area contributed by atoms with Crippen molar-refractivity contribution in [3.8, 4) is 17.0 Å². The lowest BCUT2D eigenvalue weighted by atomic mass is 10.00. The van der Waals surface area contributed by atoms with E-state index in [1.54, 1.807) is 7.11 Å². The number of rotatable bonds is 7. The summed E-state index contributed by atoms with van der Waals surface area (Å²) in [5.41, 5.74) is 4.29. The molecule has 160 valence electrons. The van der Waals surface area contributed by atoms with Gasteiger partial charge in [0, 0.05) is 24.0 Å². The van der Waals surface area contributed by atoms with Crippen molar-refractivity contribution in [3.05, 3.63) is 65.0 Å².